The highest BCUT2D eigenvalue weighted by Crippen LogP contribution is 2.47. The fourth-order valence-corrected chi connectivity index (χ4v) is 7.54. The molecule has 0 bridgehead atoms. The molecule has 1 atom stereocenters. The van der Waals surface area contributed by atoms with Crippen LogP contribution < -0.4 is 16.1 Å². The second kappa shape index (κ2) is 9.25. The Hall–Kier alpha value is -2.27. The minimum atomic E-state index is -3.57. The third kappa shape index (κ3) is 4.56. The standard InChI is InChI=1S/C20H25N3O5S2/c1-21-13-19(25)22-15-6-4-5-14(11-15)16-7-8-17(29-16)20(12-18(24)23-26)9-2-3-10-30(20,27)28/h4-8,11,21,26H,2-3,9-10,12-13H2,1H3,(H,22,25)(H,23,24)/t20-/m0/s1. The zero-order valence-electron chi connectivity index (χ0n) is 16.6. The minimum absolute atomic E-state index is 0.0198. The summed E-state index contributed by atoms with van der Waals surface area (Å²) in [5.74, 6) is -0.861. The van der Waals surface area contributed by atoms with Crippen molar-refractivity contribution in [1.29, 1.82) is 0 Å². The van der Waals surface area contributed by atoms with Gasteiger partial charge in [0.1, 0.15) is 4.75 Å². The van der Waals surface area contributed by atoms with Crippen LogP contribution in [-0.4, -0.2) is 44.8 Å². The molecule has 1 fully saturated rings. The van der Waals surface area contributed by atoms with Gasteiger partial charge in [-0.25, -0.2) is 13.9 Å². The average Bonchev–Trinajstić information content (AvgIpc) is 3.20. The van der Waals surface area contributed by atoms with E-state index in [9.17, 15) is 18.0 Å². The maximum absolute atomic E-state index is 13.0. The summed E-state index contributed by atoms with van der Waals surface area (Å²) < 4.78 is 24.7. The first-order valence-electron chi connectivity index (χ1n) is 9.62. The fraction of sp³-hybridized carbons (Fsp3) is 0.400. The highest BCUT2D eigenvalue weighted by molar-refractivity contribution is 7.92. The Labute approximate surface area is 179 Å². The predicted octanol–water partition coefficient (Wildman–Crippen LogP) is 2.26. The van der Waals surface area contributed by atoms with Crippen molar-refractivity contribution >= 4 is 38.7 Å². The maximum atomic E-state index is 13.0. The third-order valence-corrected chi connectivity index (χ3v) is 9.29. The summed E-state index contributed by atoms with van der Waals surface area (Å²) in [6.07, 6.45) is 1.28. The summed E-state index contributed by atoms with van der Waals surface area (Å²) in [7, 11) is -1.88. The van der Waals surface area contributed by atoms with Crippen LogP contribution in [0.1, 0.15) is 30.6 Å². The molecule has 8 nitrogen and oxygen atoms in total. The van der Waals surface area contributed by atoms with E-state index in [0.29, 0.717) is 29.8 Å². The van der Waals surface area contributed by atoms with E-state index in [1.165, 1.54) is 11.3 Å². The van der Waals surface area contributed by atoms with Crippen LogP contribution in [0.4, 0.5) is 5.69 Å². The van der Waals surface area contributed by atoms with E-state index in [0.717, 1.165) is 10.4 Å². The van der Waals surface area contributed by atoms with Crippen LogP contribution in [0.15, 0.2) is 36.4 Å². The fourth-order valence-electron chi connectivity index (χ4n) is 3.77. The Kier molecular flexibility index (Phi) is 6.91. The van der Waals surface area contributed by atoms with Crippen molar-refractivity contribution in [3.63, 3.8) is 0 Å². The largest absolute Gasteiger partial charge is 0.325 e. The molecule has 1 aliphatic heterocycles. The predicted molar refractivity (Wildman–Crippen MR) is 116 cm³/mol. The molecule has 2 amide bonds. The molecule has 0 saturated carbocycles. The molecule has 0 radical (unpaired) electrons. The van der Waals surface area contributed by atoms with E-state index in [-0.39, 0.29) is 24.6 Å². The molecule has 2 heterocycles. The lowest BCUT2D eigenvalue weighted by Gasteiger charge is -2.35. The van der Waals surface area contributed by atoms with Crippen molar-refractivity contribution < 1.29 is 23.2 Å². The van der Waals surface area contributed by atoms with Gasteiger partial charge in [0.15, 0.2) is 9.84 Å². The Morgan fingerprint density at radius 1 is 1.17 bits per heavy atom. The van der Waals surface area contributed by atoms with Gasteiger partial charge in [-0.2, -0.15) is 0 Å². The van der Waals surface area contributed by atoms with E-state index in [4.69, 9.17) is 5.21 Å². The molecule has 1 aromatic heterocycles. The molecular weight excluding hydrogens is 426 g/mol. The van der Waals surface area contributed by atoms with Gasteiger partial charge in [-0.15, -0.1) is 11.3 Å². The molecule has 0 spiro atoms. The number of carbonyl (C=O) groups excluding carboxylic acids is 2. The van der Waals surface area contributed by atoms with Gasteiger partial charge in [0.05, 0.1) is 18.7 Å². The second-order valence-corrected chi connectivity index (χ2v) is 10.8. The molecule has 4 N–H and O–H groups in total. The minimum Gasteiger partial charge on any atom is -0.325 e. The van der Waals surface area contributed by atoms with E-state index in [1.54, 1.807) is 24.7 Å². The summed E-state index contributed by atoms with van der Waals surface area (Å²) >= 11 is 1.32. The number of carbonyl (C=O) groups is 2. The number of hydroxylamine groups is 1. The molecule has 1 saturated heterocycles. The molecule has 10 heteroatoms. The molecule has 162 valence electrons. The molecule has 1 aromatic carbocycles. The first-order chi connectivity index (χ1) is 14.3. The van der Waals surface area contributed by atoms with Crippen molar-refractivity contribution in [3.05, 3.63) is 41.3 Å². The van der Waals surface area contributed by atoms with Crippen LogP contribution in [0.5, 0.6) is 0 Å². The van der Waals surface area contributed by atoms with Crippen LogP contribution >= 0.6 is 11.3 Å². The first-order valence-corrected chi connectivity index (χ1v) is 12.1. The summed E-state index contributed by atoms with van der Waals surface area (Å²) in [6.45, 7) is 0.195. The van der Waals surface area contributed by atoms with Crippen molar-refractivity contribution in [1.82, 2.24) is 10.8 Å². The number of amides is 2. The van der Waals surface area contributed by atoms with Crippen LogP contribution in [-0.2, 0) is 24.2 Å². The SMILES string of the molecule is CNCC(=O)Nc1cccc(-c2ccc([C@@]3(CC(=O)NO)CCCCS3(=O)=O)s2)c1. The van der Waals surface area contributed by atoms with Crippen LogP contribution in [0.25, 0.3) is 10.4 Å². The highest BCUT2D eigenvalue weighted by Gasteiger charge is 2.49. The zero-order chi connectivity index (χ0) is 21.8. The average molecular weight is 452 g/mol. The van der Waals surface area contributed by atoms with E-state index >= 15 is 0 Å². The van der Waals surface area contributed by atoms with Gasteiger partial charge in [-0.05, 0) is 49.7 Å². The van der Waals surface area contributed by atoms with Crippen molar-refractivity contribution in [2.24, 2.45) is 0 Å². The normalized spacial score (nSPS) is 20.5. The molecule has 1 aliphatic rings. The number of hydrogen-bond donors (Lipinski definition) is 4. The van der Waals surface area contributed by atoms with Gasteiger partial charge >= 0.3 is 0 Å². The number of likely N-dealkylation sites (N-methyl/N-ethyl adjacent to an activating group) is 1. The topological polar surface area (TPSA) is 125 Å². The lowest BCUT2D eigenvalue weighted by molar-refractivity contribution is -0.130. The van der Waals surface area contributed by atoms with Crippen LogP contribution in [0.3, 0.4) is 0 Å². The number of benzene rings is 1. The van der Waals surface area contributed by atoms with Crippen LogP contribution in [0, 0.1) is 0 Å². The maximum Gasteiger partial charge on any atom is 0.245 e. The quantitative estimate of drug-likeness (QED) is 0.378. The van der Waals surface area contributed by atoms with E-state index in [2.05, 4.69) is 10.6 Å². The molecule has 2 aromatic rings. The van der Waals surface area contributed by atoms with Gasteiger partial charge < -0.3 is 10.6 Å². The van der Waals surface area contributed by atoms with E-state index < -0.39 is 20.5 Å². The van der Waals surface area contributed by atoms with Crippen molar-refractivity contribution in [2.45, 2.75) is 30.4 Å². The monoisotopic (exact) mass is 451 g/mol. The van der Waals surface area contributed by atoms with Crippen LogP contribution in [0.2, 0.25) is 0 Å². The van der Waals surface area contributed by atoms with E-state index in [1.807, 2.05) is 24.3 Å². The molecular formula is C20H25N3O5S2. The number of rotatable bonds is 7. The summed E-state index contributed by atoms with van der Waals surface area (Å²) in [6, 6.07) is 10.9. The number of hydrogen-bond acceptors (Lipinski definition) is 7. The van der Waals surface area contributed by atoms with Gasteiger partial charge in [-0.3, -0.25) is 14.8 Å². The molecule has 3 rings (SSSR count). The second-order valence-electron chi connectivity index (χ2n) is 7.31. The smallest absolute Gasteiger partial charge is 0.245 e. The lowest BCUT2D eigenvalue weighted by Crippen LogP contribution is -2.43. The van der Waals surface area contributed by atoms with Gasteiger partial charge in [0, 0.05) is 15.4 Å². The number of thiophene rings is 1. The number of sulfone groups is 1. The van der Waals surface area contributed by atoms with Gasteiger partial charge in [0.2, 0.25) is 11.8 Å². The number of anilines is 1. The summed E-state index contributed by atoms with van der Waals surface area (Å²) in [5, 5.41) is 14.6. The Balaban J connectivity index is 1.95. The van der Waals surface area contributed by atoms with Crippen molar-refractivity contribution in [2.75, 3.05) is 24.7 Å². The van der Waals surface area contributed by atoms with Crippen molar-refractivity contribution in [3.8, 4) is 10.4 Å². The third-order valence-electron chi connectivity index (χ3n) is 5.23. The highest BCUT2D eigenvalue weighted by atomic mass is 32.2. The van der Waals surface area contributed by atoms with Gasteiger partial charge in [-0.1, -0.05) is 18.6 Å². The molecule has 0 aliphatic carbocycles. The Morgan fingerprint density at radius 2 is 1.97 bits per heavy atom. The summed E-state index contributed by atoms with van der Waals surface area (Å²) in [5.41, 5.74) is 3.05. The Morgan fingerprint density at radius 3 is 2.67 bits per heavy atom. The zero-order valence-corrected chi connectivity index (χ0v) is 18.2. The molecule has 30 heavy (non-hydrogen) atoms. The Bertz CT molecular complexity index is 1030. The first kappa shape index (κ1) is 22.4. The van der Waals surface area contributed by atoms with Gasteiger partial charge in [0.25, 0.3) is 0 Å². The lowest BCUT2D eigenvalue weighted by atomic mass is 9.94. The summed E-state index contributed by atoms with van der Waals surface area (Å²) in [4.78, 5) is 25.2. The number of nitrogens with one attached hydrogen (secondary N) is 3. The molecule has 0 unspecified atom stereocenters.